The molecule has 0 aliphatic carbocycles. The molecule has 1 fully saturated rings. The predicted molar refractivity (Wildman–Crippen MR) is 87.6 cm³/mol. The molecule has 2 N–H and O–H groups in total. The SMILES string of the molecule is CCCC1CCN(C(=O)c2sc3ncccc3c2N)CC1. The van der Waals surface area contributed by atoms with Gasteiger partial charge < -0.3 is 10.6 Å². The van der Waals surface area contributed by atoms with E-state index in [1.54, 1.807) is 6.20 Å². The van der Waals surface area contributed by atoms with E-state index in [2.05, 4.69) is 11.9 Å². The number of pyridine rings is 1. The van der Waals surface area contributed by atoms with Gasteiger partial charge in [0.05, 0.1) is 5.69 Å². The molecule has 2 aromatic rings. The highest BCUT2D eigenvalue weighted by Gasteiger charge is 2.26. The highest BCUT2D eigenvalue weighted by molar-refractivity contribution is 7.21. The smallest absolute Gasteiger partial charge is 0.266 e. The summed E-state index contributed by atoms with van der Waals surface area (Å²) in [6.45, 7) is 3.93. The number of piperidine rings is 1. The number of rotatable bonds is 3. The Balaban J connectivity index is 1.77. The summed E-state index contributed by atoms with van der Waals surface area (Å²) >= 11 is 1.41. The van der Waals surface area contributed by atoms with Gasteiger partial charge in [0.1, 0.15) is 9.71 Å². The van der Waals surface area contributed by atoms with Gasteiger partial charge in [0.2, 0.25) is 0 Å². The van der Waals surface area contributed by atoms with Crippen molar-refractivity contribution in [2.24, 2.45) is 5.92 Å². The first-order valence-electron chi connectivity index (χ1n) is 7.63. The Labute approximate surface area is 129 Å². The third-order valence-electron chi connectivity index (χ3n) is 4.30. The van der Waals surface area contributed by atoms with Crippen molar-refractivity contribution in [1.29, 1.82) is 0 Å². The minimum atomic E-state index is 0.0745. The summed E-state index contributed by atoms with van der Waals surface area (Å²) in [5.41, 5.74) is 6.73. The van der Waals surface area contributed by atoms with Crippen LogP contribution in [0.2, 0.25) is 0 Å². The van der Waals surface area contributed by atoms with Crippen LogP contribution in [-0.2, 0) is 0 Å². The van der Waals surface area contributed by atoms with E-state index in [9.17, 15) is 4.79 Å². The summed E-state index contributed by atoms with van der Waals surface area (Å²) in [6, 6.07) is 3.79. The van der Waals surface area contributed by atoms with Crippen LogP contribution in [0.25, 0.3) is 10.2 Å². The highest BCUT2D eigenvalue weighted by atomic mass is 32.1. The number of nitrogens with two attached hydrogens (primary N) is 1. The van der Waals surface area contributed by atoms with Gasteiger partial charge in [-0.1, -0.05) is 19.8 Å². The van der Waals surface area contributed by atoms with Crippen LogP contribution in [0.5, 0.6) is 0 Å². The Kier molecular flexibility index (Phi) is 4.10. The average molecular weight is 303 g/mol. The lowest BCUT2D eigenvalue weighted by molar-refractivity contribution is 0.0692. The minimum absolute atomic E-state index is 0.0745. The van der Waals surface area contributed by atoms with Crippen LogP contribution in [0.3, 0.4) is 0 Å². The van der Waals surface area contributed by atoms with Gasteiger partial charge in [0.25, 0.3) is 5.91 Å². The molecule has 0 bridgehead atoms. The van der Waals surface area contributed by atoms with Gasteiger partial charge in [-0.15, -0.1) is 11.3 Å². The summed E-state index contributed by atoms with van der Waals surface area (Å²) < 4.78 is 0. The number of amides is 1. The van der Waals surface area contributed by atoms with Crippen LogP contribution in [0.15, 0.2) is 18.3 Å². The van der Waals surface area contributed by atoms with Gasteiger partial charge in [0.15, 0.2) is 0 Å². The largest absolute Gasteiger partial charge is 0.397 e. The first-order valence-corrected chi connectivity index (χ1v) is 8.44. The maximum Gasteiger partial charge on any atom is 0.266 e. The minimum Gasteiger partial charge on any atom is -0.397 e. The summed E-state index contributed by atoms with van der Waals surface area (Å²) in [7, 11) is 0. The second-order valence-corrected chi connectivity index (χ2v) is 6.72. The van der Waals surface area contributed by atoms with Crippen LogP contribution in [0.1, 0.15) is 42.3 Å². The van der Waals surface area contributed by atoms with Crippen molar-refractivity contribution >= 4 is 33.1 Å². The maximum atomic E-state index is 12.7. The van der Waals surface area contributed by atoms with Crippen molar-refractivity contribution in [2.75, 3.05) is 18.8 Å². The van der Waals surface area contributed by atoms with Crippen molar-refractivity contribution < 1.29 is 4.79 Å². The van der Waals surface area contributed by atoms with E-state index in [0.29, 0.717) is 10.6 Å². The Morgan fingerprint density at radius 2 is 2.24 bits per heavy atom. The number of carbonyl (C=O) groups excluding carboxylic acids is 1. The van der Waals surface area contributed by atoms with E-state index in [1.807, 2.05) is 17.0 Å². The predicted octanol–water partition coefficient (Wildman–Crippen LogP) is 3.53. The number of nitrogen functional groups attached to an aromatic ring is 1. The fourth-order valence-corrected chi connectivity index (χ4v) is 4.12. The molecule has 2 aromatic heterocycles. The Morgan fingerprint density at radius 1 is 1.48 bits per heavy atom. The summed E-state index contributed by atoms with van der Waals surface area (Å²) in [5, 5.41) is 0.895. The molecule has 0 aromatic carbocycles. The fourth-order valence-electron chi connectivity index (χ4n) is 3.09. The van der Waals surface area contributed by atoms with E-state index in [0.717, 1.165) is 42.1 Å². The van der Waals surface area contributed by atoms with E-state index in [4.69, 9.17) is 5.73 Å². The topological polar surface area (TPSA) is 59.2 Å². The van der Waals surface area contributed by atoms with Crippen molar-refractivity contribution in [2.45, 2.75) is 32.6 Å². The molecular weight excluding hydrogens is 282 g/mol. The molecule has 1 aliphatic heterocycles. The lowest BCUT2D eigenvalue weighted by Gasteiger charge is -2.31. The fraction of sp³-hybridized carbons (Fsp3) is 0.500. The summed E-state index contributed by atoms with van der Waals surface area (Å²) in [6.07, 6.45) is 6.47. The van der Waals surface area contributed by atoms with Crippen LogP contribution in [-0.4, -0.2) is 28.9 Å². The lowest BCUT2D eigenvalue weighted by Crippen LogP contribution is -2.38. The van der Waals surface area contributed by atoms with Gasteiger partial charge in [-0.3, -0.25) is 4.79 Å². The van der Waals surface area contributed by atoms with Crippen molar-refractivity contribution in [3.8, 4) is 0 Å². The van der Waals surface area contributed by atoms with Crippen LogP contribution >= 0.6 is 11.3 Å². The molecule has 0 radical (unpaired) electrons. The van der Waals surface area contributed by atoms with Gasteiger partial charge in [0, 0.05) is 24.7 Å². The number of thiophene rings is 1. The van der Waals surface area contributed by atoms with Crippen LogP contribution in [0, 0.1) is 5.92 Å². The van der Waals surface area contributed by atoms with Gasteiger partial charge in [-0.05, 0) is 30.9 Å². The van der Waals surface area contributed by atoms with E-state index in [-0.39, 0.29) is 5.91 Å². The zero-order valence-corrected chi connectivity index (χ0v) is 13.2. The molecular formula is C16H21N3OS. The van der Waals surface area contributed by atoms with E-state index in [1.165, 1.54) is 24.2 Å². The second-order valence-electron chi connectivity index (χ2n) is 5.73. The standard InChI is InChI=1S/C16H21N3OS/c1-2-4-11-6-9-19(10-7-11)16(20)14-13(17)12-5-3-8-18-15(12)21-14/h3,5,8,11H,2,4,6-7,9-10,17H2,1H3. The number of likely N-dealkylation sites (tertiary alicyclic amines) is 1. The Bertz CT molecular complexity index is 644. The number of hydrogen-bond acceptors (Lipinski definition) is 4. The molecule has 1 aliphatic rings. The number of anilines is 1. The lowest BCUT2D eigenvalue weighted by atomic mass is 9.92. The molecule has 3 rings (SSSR count). The van der Waals surface area contributed by atoms with Crippen LogP contribution in [0.4, 0.5) is 5.69 Å². The molecule has 1 amide bonds. The third kappa shape index (κ3) is 2.75. The maximum absolute atomic E-state index is 12.7. The van der Waals surface area contributed by atoms with Crippen molar-refractivity contribution in [3.05, 3.63) is 23.2 Å². The quantitative estimate of drug-likeness (QED) is 0.943. The number of nitrogens with zero attached hydrogens (tertiary/aromatic N) is 2. The van der Waals surface area contributed by atoms with Gasteiger partial charge >= 0.3 is 0 Å². The van der Waals surface area contributed by atoms with Gasteiger partial charge in [-0.25, -0.2) is 4.98 Å². The first-order chi connectivity index (χ1) is 10.2. The summed E-state index contributed by atoms with van der Waals surface area (Å²) in [5.74, 6) is 0.853. The molecule has 21 heavy (non-hydrogen) atoms. The van der Waals surface area contributed by atoms with E-state index < -0.39 is 0 Å². The molecule has 3 heterocycles. The third-order valence-corrected chi connectivity index (χ3v) is 5.41. The number of hydrogen-bond donors (Lipinski definition) is 1. The van der Waals surface area contributed by atoms with Crippen molar-refractivity contribution in [3.63, 3.8) is 0 Å². The normalized spacial score (nSPS) is 16.5. The average Bonchev–Trinajstić information content (AvgIpc) is 2.85. The van der Waals surface area contributed by atoms with Gasteiger partial charge in [-0.2, -0.15) is 0 Å². The Hall–Kier alpha value is -1.62. The molecule has 0 unspecified atom stereocenters. The monoisotopic (exact) mass is 303 g/mol. The zero-order chi connectivity index (χ0) is 14.8. The molecule has 5 heteroatoms. The Morgan fingerprint density at radius 3 is 2.90 bits per heavy atom. The van der Waals surface area contributed by atoms with E-state index >= 15 is 0 Å². The van der Waals surface area contributed by atoms with Crippen molar-refractivity contribution in [1.82, 2.24) is 9.88 Å². The summed E-state index contributed by atoms with van der Waals surface area (Å²) in [4.78, 5) is 20.4. The molecule has 0 atom stereocenters. The van der Waals surface area contributed by atoms with Crippen LogP contribution < -0.4 is 5.73 Å². The molecule has 0 saturated carbocycles. The zero-order valence-electron chi connectivity index (χ0n) is 12.3. The first kappa shape index (κ1) is 14.3. The molecule has 0 spiro atoms. The number of fused-ring (bicyclic) bond motifs is 1. The molecule has 112 valence electrons. The number of aromatic nitrogens is 1. The molecule has 1 saturated heterocycles. The number of carbonyl (C=O) groups is 1. The second kappa shape index (κ2) is 6.02. The highest BCUT2D eigenvalue weighted by Crippen LogP contribution is 2.33. The molecule has 4 nitrogen and oxygen atoms in total.